The maximum Gasteiger partial charge on any atom is 0.161 e. The molecule has 3 heteroatoms. The minimum absolute atomic E-state index is 0.701. The summed E-state index contributed by atoms with van der Waals surface area (Å²) >= 11 is 0. The monoisotopic (exact) mass is 529 g/mol. The van der Waals surface area contributed by atoms with E-state index in [-0.39, 0.29) is 0 Å². The van der Waals surface area contributed by atoms with E-state index in [0.717, 1.165) is 56.4 Å². The molecule has 0 atom stereocenters. The van der Waals surface area contributed by atoms with Crippen LogP contribution in [-0.4, -0.2) is 9.97 Å². The molecule has 0 amide bonds. The molecule has 0 aliphatic rings. The normalized spacial score (nSPS) is 11.8. The fourth-order valence-corrected chi connectivity index (χ4v) is 5.10. The predicted molar refractivity (Wildman–Crippen MR) is 173 cm³/mol. The fourth-order valence-electron chi connectivity index (χ4n) is 5.10. The second-order valence-corrected chi connectivity index (χ2v) is 9.95. The predicted octanol–water partition coefficient (Wildman–Crippen LogP) is 9.56. The van der Waals surface area contributed by atoms with Gasteiger partial charge in [-0.1, -0.05) is 134 Å². The summed E-state index contributed by atoms with van der Waals surface area (Å²) in [6.45, 7) is 2.12. The Balaban J connectivity index is 1.50. The van der Waals surface area contributed by atoms with E-state index in [2.05, 4.69) is 140 Å². The van der Waals surface area contributed by atoms with E-state index < -0.39 is 0 Å². The lowest BCUT2D eigenvalue weighted by Gasteiger charge is -2.12. The molecule has 6 rings (SSSR count). The van der Waals surface area contributed by atoms with E-state index in [1.54, 1.807) is 6.20 Å². The molecule has 0 aliphatic heterocycles. The second kappa shape index (κ2) is 11.8. The van der Waals surface area contributed by atoms with Crippen molar-refractivity contribution in [2.75, 3.05) is 0 Å². The molecule has 5 aromatic carbocycles. The molecule has 0 aliphatic carbocycles. The third-order valence-corrected chi connectivity index (χ3v) is 7.25. The van der Waals surface area contributed by atoms with Gasteiger partial charge in [-0.2, -0.15) is 0 Å². The van der Waals surface area contributed by atoms with Gasteiger partial charge >= 0.3 is 0 Å². The highest BCUT2D eigenvalue weighted by Gasteiger charge is 2.14. The van der Waals surface area contributed by atoms with E-state index >= 15 is 0 Å². The lowest BCUT2D eigenvalue weighted by atomic mass is 9.99. The van der Waals surface area contributed by atoms with Gasteiger partial charge in [0.1, 0.15) is 0 Å². The van der Waals surface area contributed by atoms with Crippen molar-refractivity contribution in [1.82, 2.24) is 9.97 Å². The van der Waals surface area contributed by atoms with Crippen molar-refractivity contribution >= 4 is 16.3 Å². The summed E-state index contributed by atoms with van der Waals surface area (Å²) in [5.41, 5.74) is 15.2. The van der Waals surface area contributed by atoms with Gasteiger partial charge in [0.2, 0.25) is 0 Å². The highest BCUT2D eigenvalue weighted by atomic mass is 14.9. The lowest BCUT2D eigenvalue weighted by molar-refractivity contribution is 1.19. The van der Waals surface area contributed by atoms with Gasteiger partial charge in [-0.15, -0.1) is 0 Å². The zero-order chi connectivity index (χ0) is 28.0. The van der Waals surface area contributed by atoms with Gasteiger partial charge in [0.15, 0.2) is 5.82 Å². The molecule has 2 N–H and O–H groups in total. The van der Waals surface area contributed by atoms with Crippen LogP contribution in [0.25, 0.3) is 61.4 Å². The quantitative estimate of drug-likeness (QED) is 0.210. The minimum Gasteiger partial charge on any atom is -0.404 e. The van der Waals surface area contributed by atoms with Crippen LogP contribution >= 0.6 is 0 Å². The molecule has 0 unspecified atom stereocenters. The van der Waals surface area contributed by atoms with E-state index in [1.165, 1.54) is 11.1 Å². The Hall–Kier alpha value is -5.28. The van der Waals surface area contributed by atoms with Crippen LogP contribution in [0.3, 0.4) is 0 Å². The Morgan fingerprint density at radius 1 is 0.634 bits per heavy atom. The third-order valence-electron chi connectivity index (χ3n) is 7.25. The molecule has 198 valence electrons. The van der Waals surface area contributed by atoms with Crippen LogP contribution in [0.2, 0.25) is 0 Å². The number of benzene rings is 5. The fraction of sp³-hybridized carbons (Fsp3) is 0.0526. The molecule has 0 bridgehead atoms. The largest absolute Gasteiger partial charge is 0.404 e. The van der Waals surface area contributed by atoms with Crippen LogP contribution in [0.15, 0.2) is 146 Å². The maximum absolute atomic E-state index is 6.00. The van der Waals surface area contributed by atoms with E-state index in [0.29, 0.717) is 5.82 Å². The molecule has 41 heavy (non-hydrogen) atoms. The Morgan fingerprint density at radius 2 is 1.27 bits per heavy atom. The number of hydrogen-bond acceptors (Lipinski definition) is 3. The first-order valence-electron chi connectivity index (χ1n) is 14.0. The summed E-state index contributed by atoms with van der Waals surface area (Å²) in [5, 5.41) is 2.29. The summed E-state index contributed by atoms with van der Waals surface area (Å²) in [4.78, 5) is 10.2. The van der Waals surface area contributed by atoms with Crippen LogP contribution in [0.5, 0.6) is 0 Å². The van der Waals surface area contributed by atoms with Crippen molar-refractivity contribution in [3.8, 4) is 45.0 Å². The zero-order valence-electron chi connectivity index (χ0n) is 23.0. The number of fused-ring (bicyclic) bond motifs is 1. The molecule has 3 nitrogen and oxygen atoms in total. The first-order valence-corrected chi connectivity index (χ1v) is 14.0. The van der Waals surface area contributed by atoms with E-state index in [1.807, 2.05) is 6.07 Å². The molecule has 0 spiro atoms. The lowest BCUT2D eigenvalue weighted by Crippen LogP contribution is -1.97. The molecule has 1 heterocycles. The minimum atomic E-state index is 0.701. The molecular weight excluding hydrogens is 498 g/mol. The average Bonchev–Trinajstić information content (AvgIpc) is 3.05. The van der Waals surface area contributed by atoms with Crippen molar-refractivity contribution in [2.24, 2.45) is 5.73 Å². The summed E-state index contributed by atoms with van der Waals surface area (Å²) in [5.74, 6) is 0.701. The Morgan fingerprint density at radius 3 is 2.05 bits per heavy atom. The molecular formula is C38H31N3. The number of rotatable bonds is 7. The second-order valence-electron chi connectivity index (χ2n) is 9.95. The number of nitrogens with two attached hydrogens (primary N) is 1. The summed E-state index contributed by atoms with van der Waals surface area (Å²) in [7, 11) is 0. The van der Waals surface area contributed by atoms with Crippen molar-refractivity contribution in [3.63, 3.8) is 0 Å². The number of allylic oxidation sites excluding steroid dienone is 3. The Labute approximate surface area is 241 Å². The van der Waals surface area contributed by atoms with Gasteiger partial charge in [0, 0.05) is 22.9 Å². The smallest absolute Gasteiger partial charge is 0.161 e. The number of hydrogen-bond donors (Lipinski definition) is 1. The van der Waals surface area contributed by atoms with Gasteiger partial charge in [-0.25, -0.2) is 9.97 Å². The van der Waals surface area contributed by atoms with Gasteiger partial charge in [-0.3, -0.25) is 0 Å². The maximum atomic E-state index is 6.00. The number of nitrogens with zero attached hydrogens (tertiary/aromatic N) is 2. The highest BCUT2D eigenvalue weighted by Crippen LogP contribution is 2.33. The first-order chi connectivity index (χ1) is 20.2. The van der Waals surface area contributed by atoms with Gasteiger partial charge in [-0.05, 0) is 51.6 Å². The van der Waals surface area contributed by atoms with Gasteiger partial charge < -0.3 is 5.73 Å². The van der Waals surface area contributed by atoms with Crippen molar-refractivity contribution < 1.29 is 0 Å². The SMILES string of the molecule is CC/C=C\C(=C/N)c1cccc(-c2cc(-c3ccc(-c4ccccc4)cc3)nc(-c3cccc4ccccc34)n2)c1. The summed E-state index contributed by atoms with van der Waals surface area (Å²) in [6.07, 6.45) is 6.79. The molecule has 0 saturated carbocycles. The van der Waals surface area contributed by atoms with Crippen molar-refractivity contribution in [3.05, 3.63) is 151 Å². The Bertz CT molecular complexity index is 1860. The van der Waals surface area contributed by atoms with E-state index in [9.17, 15) is 0 Å². The van der Waals surface area contributed by atoms with Crippen LogP contribution < -0.4 is 5.73 Å². The molecule has 0 radical (unpaired) electrons. The average molecular weight is 530 g/mol. The number of aromatic nitrogens is 2. The highest BCUT2D eigenvalue weighted by molar-refractivity contribution is 5.95. The van der Waals surface area contributed by atoms with Crippen LogP contribution in [0.4, 0.5) is 0 Å². The van der Waals surface area contributed by atoms with Crippen LogP contribution in [0.1, 0.15) is 18.9 Å². The topological polar surface area (TPSA) is 51.8 Å². The molecule has 0 fully saturated rings. The van der Waals surface area contributed by atoms with Gasteiger partial charge in [0.05, 0.1) is 11.4 Å². The van der Waals surface area contributed by atoms with E-state index in [4.69, 9.17) is 15.7 Å². The summed E-state index contributed by atoms with van der Waals surface area (Å²) < 4.78 is 0. The van der Waals surface area contributed by atoms with Crippen LogP contribution in [-0.2, 0) is 0 Å². The Kier molecular flexibility index (Phi) is 7.51. The van der Waals surface area contributed by atoms with Gasteiger partial charge in [0.25, 0.3) is 0 Å². The molecule has 6 aromatic rings. The van der Waals surface area contributed by atoms with Crippen molar-refractivity contribution in [1.29, 1.82) is 0 Å². The van der Waals surface area contributed by atoms with Crippen LogP contribution in [0, 0.1) is 0 Å². The molecule has 1 aromatic heterocycles. The standard InChI is InChI=1S/C38H31N3/c1-2-3-11-33(26-39)31-16-9-17-32(24-31)37-25-36(30-22-20-28(21-23-30)27-12-5-4-6-13-27)40-38(41-37)35-19-10-15-29-14-7-8-18-34(29)35/h3-26H,2,39H2,1H3/b11-3-,33-26+. The third kappa shape index (κ3) is 5.57. The van der Waals surface area contributed by atoms with Crippen molar-refractivity contribution in [2.45, 2.75) is 13.3 Å². The first kappa shape index (κ1) is 26.0. The molecule has 0 saturated heterocycles. The summed E-state index contributed by atoms with van der Waals surface area (Å²) in [6, 6.07) is 44.2. The zero-order valence-corrected chi connectivity index (χ0v) is 23.0.